The predicted octanol–water partition coefficient (Wildman–Crippen LogP) is 23.7. The minimum absolute atomic E-state index is 1.05. The van der Waals surface area contributed by atoms with Gasteiger partial charge >= 0.3 is 0 Å². The Morgan fingerprint density at radius 1 is 0.221 bits per heavy atom. The van der Waals surface area contributed by atoms with E-state index in [1.165, 1.54) is 291 Å². The number of aryl methyl sites for hydroxylation is 5. The van der Waals surface area contributed by atoms with Crippen LogP contribution < -0.4 is 0 Å². The fraction of sp³-hybridized carbons (Fsp3) is 0.514. The Bertz CT molecular complexity index is 3240. The molecule has 0 aliphatic rings. The molecule has 9 rings (SSSR count). The van der Waals surface area contributed by atoms with E-state index in [2.05, 4.69) is 158 Å². The molecule has 0 aliphatic heterocycles. The summed E-state index contributed by atoms with van der Waals surface area (Å²) in [6, 6.07) is 43.6. The van der Waals surface area contributed by atoms with Gasteiger partial charge in [-0.2, -0.15) is 0 Å². The fourth-order valence-corrected chi connectivity index (χ4v) is 13.2. The van der Waals surface area contributed by atoms with Gasteiger partial charge in [0, 0.05) is 85.1 Å². The summed E-state index contributed by atoms with van der Waals surface area (Å²) in [6.07, 6.45) is 40.7. The maximum absolute atomic E-state index is 2.73. The minimum Gasteiger partial charge on any atom is -0.340 e. The van der Waals surface area contributed by atoms with E-state index in [9.17, 15) is 0 Å². The average Bonchev–Trinajstić information content (AvgIpc) is 4.26. The van der Waals surface area contributed by atoms with Crippen LogP contribution in [0, 0.1) is 13.8 Å². The highest BCUT2D eigenvalue weighted by Crippen LogP contribution is 2.41. The molecule has 0 unspecified atom stereocenters. The van der Waals surface area contributed by atoms with Gasteiger partial charge in [-0.15, -0.1) is 0 Å². The van der Waals surface area contributed by atoms with E-state index in [1.54, 1.807) is 0 Å². The lowest BCUT2D eigenvalue weighted by atomic mass is 10.0. The maximum atomic E-state index is 2.73. The van der Waals surface area contributed by atoms with Gasteiger partial charge in [0.25, 0.3) is 0 Å². The van der Waals surface area contributed by atoms with Crippen molar-refractivity contribution in [2.45, 2.75) is 247 Å². The zero-order valence-electron chi connectivity index (χ0n) is 49.1. The summed E-state index contributed by atoms with van der Waals surface area (Å²) < 4.78 is 8.10. The standard InChI is InChI=1S/C74H99N3/c1-6-9-12-15-18-21-24-27-30-33-48-75-69-51-58(5)38-44-63(69)64-45-42-61(53-70(64)75)62-43-47-66-68-56-73-67(55-74(68)77(72(66)54-62)50-35-32-29-26-23-20-17-14-11-8-3)65-46-41-60(59-39-36-57(4)37-40-59)52-71(65)76(73)49-34-31-28-25-22-19-16-13-10-7-2/h36-47,51-56H,6-35,48-50H2,1-5H3. The third kappa shape index (κ3) is 14.3. The molecule has 0 radical (unpaired) electrons. The first-order valence-corrected chi connectivity index (χ1v) is 32.1. The van der Waals surface area contributed by atoms with E-state index < -0.39 is 0 Å². The number of fused-ring (bicyclic) bond motifs is 9. The SMILES string of the molecule is CCCCCCCCCCCCn1c2cc(C)ccc2c2ccc(-c3ccc4c5cc6c(cc5n(CCCCCCCCCCCC)c4c3)c3ccc(-c4ccc(C)cc4)cc3n6CCCCCCCCCCCC)cc21. The Kier molecular flexibility index (Phi) is 21.3. The number of hydrogen-bond donors (Lipinski definition) is 0. The Labute approximate surface area is 466 Å². The molecule has 0 saturated heterocycles. The lowest BCUT2D eigenvalue weighted by Crippen LogP contribution is -1.99. The Balaban J connectivity index is 1.04. The highest BCUT2D eigenvalue weighted by atomic mass is 15.0. The van der Waals surface area contributed by atoms with Crippen molar-refractivity contribution in [1.29, 1.82) is 0 Å². The number of benzene rings is 6. The topological polar surface area (TPSA) is 14.8 Å². The van der Waals surface area contributed by atoms with Gasteiger partial charge in [-0.3, -0.25) is 0 Å². The summed E-state index contributed by atoms with van der Waals surface area (Å²) in [7, 11) is 0. The van der Waals surface area contributed by atoms with E-state index >= 15 is 0 Å². The van der Waals surface area contributed by atoms with E-state index in [1.807, 2.05) is 0 Å². The van der Waals surface area contributed by atoms with Crippen LogP contribution in [0.1, 0.15) is 225 Å². The van der Waals surface area contributed by atoms with Crippen LogP contribution >= 0.6 is 0 Å². The van der Waals surface area contributed by atoms with Gasteiger partial charge in [-0.05, 0) is 97.3 Å². The second kappa shape index (κ2) is 29.1. The number of nitrogens with zero attached hydrogens (tertiary/aromatic N) is 3. The summed E-state index contributed by atoms with van der Waals surface area (Å²) in [5, 5.41) is 8.35. The third-order valence-electron chi connectivity index (χ3n) is 17.8. The zero-order chi connectivity index (χ0) is 53.2. The first kappa shape index (κ1) is 56.4. The van der Waals surface area contributed by atoms with Gasteiger partial charge in [0.1, 0.15) is 0 Å². The van der Waals surface area contributed by atoms with Gasteiger partial charge < -0.3 is 13.7 Å². The van der Waals surface area contributed by atoms with Crippen LogP contribution in [0.2, 0.25) is 0 Å². The highest BCUT2D eigenvalue weighted by Gasteiger charge is 2.20. The van der Waals surface area contributed by atoms with Gasteiger partial charge in [0.2, 0.25) is 0 Å². The molecule has 0 bridgehead atoms. The van der Waals surface area contributed by atoms with Crippen LogP contribution in [0.5, 0.6) is 0 Å². The highest BCUT2D eigenvalue weighted by molar-refractivity contribution is 6.19. The summed E-state index contributed by atoms with van der Waals surface area (Å²) in [6.45, 7) is 14.6. The molecule has 3 heteroatoms. The number of rotatable bonds is 35. The van der Waals surface area contributed by atoms with Crippen LogP contribution in [0.15, 0.2) is 109 Å². The number of hydrogen-bond acceptors (Lipinski definition) is 0. The first-order valence-electron chi connectivity index (χ1n) is 32.1. The second-order valence-corrected chi connectivity index (χ2v) is 24.0. The Morgan fingerprint density at radius 3 is 0.818 bits per heavy atom. The molecule has 3 nitrogen and oxygen atoms in total. The number of aromatic nitrogens is 3. The van der Waals surface area contributed by atoms with E-state index in [4.69, 9.17) is 0 Å². The summed E-state index contributed by atoms with van der Waals surface area (Å²) >= 11 is 0. The van der Waals surface area contributed by atoms with Crippen LogP contribution in [0.25, 0.3) is 87.7 Å². The lowest BCUT2D eigenvalue weighted by molar-refractivity contribution is 0.541. The van der Waals surface area contributed by atoms with Gasteiger partial charge in [-0.1, -0.05) is 272 Å². The van der Waals surface area contributed by atoms with Gasteiger partial charge in [0.05, 0.1) is 0 Å². The molecule has 3 aromatic heterocycles. The quantitative estimate of drug-likeness (QED) is 0.0352. The number of unbranched alkanes of at least 4 members (excludes halogenated alkanes) is 27. The van der Waals surface area contributed by atoms with Gasteiger partial charge in [0.15, 0.2) is 0 Å². The first-order chi connectivity index (χ1) is 38.0. The van der Waals surface area contributed by atoms with Crippen molar-refractivity contribution < 1.29 is 0 Å². The molecular weight excluding hydrogens is 931 g/mol. The predicted molar refractivity (Wildman–Crippen MR) is 341 cm³/mol. The van der Waals surface area contributed by atoms with Crippen LogP contribution in [-0.2, 0) is 19.6 Å². The van der Waals surface area contributed by atoms with E-state index in [0.29, 0.717) is 0 Å². The fourth-order valence-electron chi connectivity index (χ4n) is 13.2. The maximum Gasteiger partial charge on any atom is 0.0499 e. The Hall–Kier alpha value is -5.28. The van der Waals surface area contributed by atoms with Crippen LogP contribution in [0.3, 0.4) is 0 Å². The Morgan fingerprint density at radius 2 is 0.468 bits per heavy atom. The average molecular weight is 1030 g/mol. The minimum atomic E-state index is 1.05. The molecule has 77 heavy (non-hydrogen) atoms. The van der Waals surface area contributed by atoms with E-state index in [0.717, 1.165) is 19.6 Å². The van der Waals surface area contributed by atoms with E-state index in [-0.39, 0.29) is 0 Å². The lowest BCUT2D eigenvalue weighted by Gasteiger charge is -2.11. The smallest absolute Gasteiger partial charge is 0.0499 e. The molecule has 0 amide bonds. The van der Waals surface area contributed by atoms with Crippen molar-refractivity contribution in [1.82, 2.24) is 13.7 Å². The molecule has 6 aromatic carbocycles. The van der Waals surface area contributed by atoms with Crippen molar-refractivity contribution in [3.63, 3.8) is 0 Å². The van der Waals surface area contributed by atoms with Crippen LogP contribution in [-0.4, -0.2) is 13.7 Å². The van der Waals surface area contributed by atoms with Crippen molar-refractivity contribution >= 4 is 65.4 Å². The molecule has 0 fully saturated rings. The zero-order valence-corrected chi connectivity index (χ0v) is 49.1. The summed E-state index contributed by atoms with van der Waals surface area (Å²) in [5.74, 6) is 0. The molecule has 0 aliphatic carbocycles. The normalized spacial score (nSPS) is 12.1. The molecule has 410 valence electrons. The second-order valence-electron chi connectivity index (χ2n) is 24.0. The molecule has 0 saturated carbocycles. The monoisotopic (exact) mass is 1030 g/mol. The summed E-state index contributed by atoms with van der Waals surface area (Å²) in [5.41, 5.74) is 16.2. The molecule has 0 spiro atoms. The molecule has 0 atom stereocenters. The molecular formula is C74H99N3. The molecule has 9 aromatic rings. The third-order valence-corrected chi connectivity index (χ3v) is 17.8. The van der Waals surface area contributed by atoms with Crippen molar-refractivity contribution in [3.8, 4) is 22.3 Å². The van der Waals surface area contributed by atoms with Crippen LogP contribution in [0.4, 0.5) is 0 Å². The molecule has 0 N–H and O–H groups in total. The summed E-state index contributed by atoms with van der Waals surface area (Å²) in [4.78, 5) is 0. The van der Waals surface area contributed by atoms with Crippen molar-refractivity contribution in [3.05, 3.63) is 120 Å². The van der Waals surface area contributed by atoms with Crippen molar-refractivity contribution in [2.75, 3.05) is 0 Å². The molecule has 3 heterocycles. The van der Waals surface area contributed by atoms with Gasteiger partial charge in [-0.25, -0.2) is 0 Å². The van der Waals surface area contributed by atoms with Crippen molar-refractivity contribution in [2.24, 2.45) is 0 Å². The largest absolute Gasteiger partial charge is 0.340 e.